The van der Waals surface area contributed by atoms with Crippen molar-refractivity contribution in [3.05, 3.63) is 22.7 Å². The highest BCUT2D eigenvalue weighted by molar-refractivity contribution is 9.10. The van der Waals surface area contributed by atoms with Gasteiger partial charge in [0.1, 0.15) is 0 Å². The lowest BCUT2D eigenvalue weighted by Crippen LogP contribution is -1.90. The molecule has 0 radical (unpaired) electrons. The van der Waals surface area contributed by atoms with Crippen LogP contribution in [-0.2, 0) is 7.05 Å². The van der Waals surface area contributed by atoms with Gasteiger partial charge >= 0.3 is 0 Å². The summed E-state index contributed by atoms with van der Waals surface area (Å²) in [7, 11) is 2.09. The molecule has 0 aliphatic heterocycles. The van der Waals surface area contributed by atoms with E-state index >= 15 is 0 Å². The van der Waals surface area contributed by atoms with Crippen molar-refractivity contribution in [2.24, 2.45) is 7.05 Å². The lowest BCUT2D eigenvalue weighted by molar-refractivity contribution is 0.815. The van der Waals surface area contributed by atoms with Gasteiger partial charge in [0, 0.05) is 16.8 Å². The van der Waals surface area contributed by atoms with Crippen LogP contribution >= 0.6 is 27.7 Å². The highest BCUT2D eigenvalue weighted by Crippen LogP contribution is 2.39. The fraction of sp³-hybridized carbons (Fsp3) is 0.364. The Kier molecular flexibility index (Phi) is 2.29. The molecule has 78 valence electrons. The number of benzene rings is 1. The summed E-state index contributed by atoms with van der Waals surface area (Å²) in [6.07, 6.45) is 2.69. The van der Waals surface area contributed by atoms with E-state index in [1.165, 1.54) is 18.4 Å². The predicted octanol–water partition coefficient (Wildman–Crippen LogP) is 3.59. The molecule has 0 atom stereocenters. The summed E-state index contributed by atoms with van der Waals surface area (Å²) in [5.41, 5.74) is 2.29. The second-order valence-electron chi connectivity index (χ2n) is 3.90. The number of fused-ring (bicyclic) bond motifs is 1. The summed E-state index contributed by atoms with van der Waals surface area (Å²) < 4.78 is 3.28. The van der Waals surface area contributed by atoms with Gasteiger partial charge in [-0.15, -0.1) is 0 Å². The molecule has 0 amide bonds. The zero-order chi connectivity index (χ0) is 10.4. The Balaban J connectivity index is 2.10. The van der Waals surface area contributed by atoms with Crippen LogP contribution < -0.4 is 0 Å². The van der Waals surface area contributed by atoms with E-state index in [0.717, 1.165) is 20.4 Å². The normalized spacial score (nSPS) is 16.1. The predicted molar refractivity (Wildman–Crippen MR) is 67.3 cm³/mol. The summed E-state index contributed by atoms with van der Waals surface area (Å²) in [5.74, 6) is 0. The molecule has 0 unspecified atom stereocenters. The van der Waals surface area contributed by atoms with Gasteiger partial charge in [0.2, 0.25) is 0 Å². The van der Waals surface area contributed by atoms with Gasteiger partial charge in [-0.1, -0.05) is 27.7 Å². The molecule has 1 fully saturated rings. The maximum absolute atomic E-state index is 4.65. The quantitative estimate of drug-likeness (QED) is 0.838. The van der Waals surface area contributed by atoms with E-state index in [4.69, 9.17) is 0 Å². The first kappa shape index (κ1) is 9.73. The van der Waals surface area contributed by atoms with Gasteiger partial charge in [0.25, 0.3) is 0 Å². The smallest absolute Gasteiger partial charge is 0.169 e. The third-order valence-electron chi connectivity index (χ3n) is 2.60. The second-order valence-corrected chi connectivity index (χ2v) is 6.09. The molecule has 3 rings (SSSR count). The summed E-state index contributed by atoms with van der Waals surface area (Å²) >= 11 is 5.38. The fourth-order valence-electron chi connectivity index (χ4n) is 1.59. The van der Waals surface area contributed by atoms with Crippen molar-refractivity contribution < 1.29 is 0 Å². The van der Waals surface area contributed by atoms with Gasteiger partial charge in [-0.3, -0.25) is 0 Å². The van der Waals surface area contributed by atoms with E-state index in [9.17, 15) is 0 Å². The minimum absolute atomic E-state index is 0.809. The number of thioether (sulfide) groups is 1. The number of imidazole rings is 1. The highest BCUT2D eigenvalue weighted by Gasteiger charge is 2.25. The van der Waals surface area contributed by atoms with E-state index in [0.29, 0.717) is 0 Å². The van der Waals surface area contributed by atoms with Gasteiger partial charge in [-0.25, -0.2) is 4.98 Å². The Labute approximate surface area is 101 Å². The Morgan fingerprint density at radius 3 is 3.00 bits per heavy atom. The van der Waals surface area contributed by atoms with Crippen LogP contribution in [0.1, 0.15) is 12.8 Å². The zero-order valence-electron chi connectivity index (χ0n) is 8.40. The van der Waals surface area contributed by atoms with E-state index in [-0.39, 0.29) is 0 Å². The van der Waals surface area contributed by atoms with Gasteiger partial charge < -0.3 is 4.57 Å². The van der Waals surface area contributed by atoms with Crippen LogP contribution in [0.15, 0.2) is 27.8 Å². The number of rotatable bonds is 2. The minimum Gasteiger partial charge on any atom is -0.322 e. The van der Waals surface area contributed by atoms with Crippen LogP contribution in [-0.4, -0.2) is 14.8 Å². The molecule has 1 heterocycles. The average Bonchev–Trinajstić information content (AvgIpc) is 2.95. The van der Waals surface area contributed by atoms with Crippen molar-refractivity contribution >= 4 is 38.7 Å². The molecule has 2 aromatic rings. The molecule has 0 N–H and O–H groups in total. The highest BCUT2D eigenvalue weighted by atomic mass is 79.9. The fourth-order valence-corrected chi connectivity index (χ4v) is 3.02. The molecule has 0 saturated heterocycles. The molecule has 1 aliphatic rings. The second kappa shape index (κ2) is 3.52. The third kappa shape index (κ3) is 1.81. The number of hydrogen-bond acceptors (Lipinski definition) is 2. The number of hydrogen-bond donors (Lipinski definition) is 0. The molecule has 0 bridgehead atoms. The summed E-state index contributed by atoms with van der Waals surface area (Å²) in [6.45, 7) is 0. The molecular weight excluding hydrogens is 272 g/mol. The molecule has 15 heavy (non-hydrogen) atoms. The first-order valence-electron chi connectivity index (χ1n) is 5.02. The van der Waals surface area contributed by atoms with Crippen molar-refractivity contribution in [1.82, 2.24) is 9.55 Å². The monoisotopic (exact) mass is 282 g/mol. The molecule has 4 heteroatoms. The first-order chi connectivity index (χ1) is 7.24. The Hall–Kier alpha value is -0.480. The molecule has 1 saturated carbocycles. The van der Waals surface area contributed by atoms with Crippen LogP contribution in [0.3, 0.4) is 0 Å². The maximum atomic E-state index is 4.65. The third-order valence-corrected chi connectivity index (χ3v) is 4.47. The van der Waals surface area contributed by atoms with Crippen LogP contribution in [0.5, 0.6) is 0 Å². The SMILES string of the molecule is Cn1c(SC2CC2)nc2cc(Br)ccc21. The molecule has 0 spiro atoms. The zero-order valence-corrected chi connectivity index (χ0v) is 10.8. The van der Waals surface area contributed by atoms with E-state index in [2.05, 4.69) is 50.7 Å². The van der Waals surface area contributed by atoms with Gasteiger partial charge in [0.05, 0.1) is 11.0 Å². The molecule has 1 aromatic carbocycles. The Morgan fingerprint density at radius 1 is 1.47 bits per heavy atom. The molecule has 2 nitrogen and oxygen atoms in total. The standard InChI is InChI=1S/C11H11BrN2S/c1-14-10-5-2-7(12)6-9(10)13-11(14)15-8-3-4-8/h2,5-6,8H,3-4H2,1H3. The van der Waals surface area contributed by atoms with Crippen molar-refractivity contribution in [2.75, 3.05) is 0 Å². The summed E-state index contributed by atoms with van der Waals surface area (Å²) in [4.78, 5) is 4.65. The van der Waals surface area contributed by atoms with Crippen molar-refractivity contribution in [3.63, 3.8) is 0 Å². The van der Waals surface area contributed by atoms with Crippen molar-refractivity contribution in [2.45, 2.75) is 23.2 Å². The number of aryl methyl sites for hydroxylation is 1. The number of aromatic nitrogens is 2. The first-order valence-corrected chi connectivity index (χ1v) is 6.70. The number of halogens is 1. The molecule has 1 aliphatic carbocycles. The summed E-state index contributed by atoms with van der Waals surface area (Å²) in [6, 6.07) is 6.26. The summed E-state index contributed by atoms with van der Waals surface area (Å²) in [5, 5.41) is 1.95. The van der Waals surface area contributed by atoms with E-state index in [1.54, 1.807) is 0 Å². The lowest BCUT2D eigenvalue weighted by atomic mass is 10.3. The van der Waals surface area contributed by atoms with Crippen LogP contribution in [0.4, 0.5) is 0 Å². The molecule has 1 aromatic heterocycles. The van der Waals surface area contributed by atoms with Crippen LogP contribution in [0, 0.1) is 0 Å². The largest absolute Gasteiger partial charge is 0.322 e. The van der Waals surface area contributed by atoms with Crippen LogP contribution in [0.2, 0.25) is 0 Å². The minimum atomic E-state index is 0.809. The molecular formula is C11H11BrN2S. The van der Waals surface area contributed by atoms with Gasteiger partial charge in [-0.05, 0) is 31.0 Å². The Morgan fingerprint density at radius 2 is 2.27 bits per heavy atom. The van der Waals surface area contributed by atoms with E-state index < -0.39 is 0 Å². The number of nitrogens with zero attached hydrogens (tertiary/aromatic N) is 2. The van der Waals surface area contributed by atoms with Crippen molar-refractivity contribution in [3.8, 4) is 0 Å². The van der Waals surface area contributed by atoms with Gasteiger partial charge in [-0.2, -0.15) is 0 Å². The lowest BCUT2D eigenvalue weighted by Gasteiger charge is -1.99. The topological polar surface area (TPSA) is 17.8 Å². The van der Waals surface area contributed by atoms with Crippen LogP contribution in [0.25, 0.3) is 11.0 Å². The Bertz CT molecular complexity index is 517. The average molecular weight is 283 g/mol. The maximum Gasteiger partial charge on any atom is 0.169 e. The van der Waals surface area contributed by atoms with Crippen molar-refractivity contribution in [1.29, 1.82) is 0 Å². The van der Waals surface area contributed by atoms with Gasteiger partial charge in [0.15, 0.2) is 5.16 Å². The van der Waals surface area contributed by atoms with E-state index in [1.807, 2.05) is 11.8 Å².